The molecule has 0 amide bonds. The summed E-state index contributed by atoms with van der Waals surface area (Å²) in [5.41, 5.74) is 1.64. The Labute approximate surface area is 157 Å². The molecule has 0 saturated carbocycles. The summed E-state index contributed by atoms with van der Waals surface area (Å²) in [4.78, 5) is 1.96. The number of halogens is 1. The van der Waals surface area contributed by atoms with Crippen LogP contribution in [0.5, 0.6) is 17.2 Å². The first-order chi connectivity index (χ1) is 13.0. The Morgan fingerprint density at radius 3 is 2.22 bits per heavy atom. The molecule has 146 valence electrons. The first-order valence-electron chi connectivity index (χ1n) is 8.70. The minimum absolute atomic E-state index is 0.0758. The standard InChI is InChI=1S/C20H24FNO5/c1-26-17-7-12(8-18(27-2)20(17)25)9-22-10-15(19(24)16(22)11-23)13-3-5-14(21)6-4-13/h3-8,15-16,19,23-25H,9-11H2,1-2H3/t15-,16-,19-/m1/s1. The van der Waals surface area contributed by atoms with Crippen LogP contribution in [0.4, 0.5) is 4.39 Å². The highest BCUT2D eigenvalue weighted by Crippen LogP contribution is 2.39. The largest absolute Gasteiger partial charge is 0.502 e. The van der Waals surface area contributed by atoms with Gasteiger partial charge in [-0.15, -0.1) is 0 Å². The number of benzene rings is 2. The highest BCUT2D eigenvalue weighted by molar-refractivity contribution is 5.52. The SMILES string of the molecule is COc1cc(CN2C[C@H](c3ccc(F)cc3)[C@@H](O)[C@H]2CO)cc(OC)c1O. The van der Waals surface area contributed by atoms with Crippen molar-refractivity contribution in [1.82, 2.24) is 4.90 Å². The minimum Gasteiger partial charge on any atom is -0.502 e. The highest BCUT2D eigenvalue weighted by atomic mass is 19.1. The van der Waals surface area contributed by atoms with Gasteiger partial charge in [0.15, 0.2) is 11.5 Å². The molecule has 6 nitrogen and oxygen atoms in total. The van der Waals surface area contributed by atoms with Crippen LogP contribution in [0, 0.1) is 5.82 Å². The van der Waals surface area contributed by atoms with Crippen molar-refractivity contribution in [3.05, 3.63) is 53.3 Å². The molecule has 1 aliphatic rings. The highest BCUT2D eigenvalue weighted by Gasteiger charge is 2.41. The average Bonchev–Trinajstić information content (AvgIpc) is 2.98. The predicted octanol–water partition coefficient (Wildman–Crippen LogP) is 1.87. The number of aliphatic hydroxyl groups is 2. The number of rotatable bonds is 6. The van der Waals surface area contributed by atoms with E-state index < -0.39 is 12.1 Å². The van der Waals surface area contributed by atoms with Crippen molar-refractivity contribution in [2.24, 2.45) is 0 Å². The van der Waals surface area contributed by atoms with Gasteiger partial charge in [0, 0.05) is 19.0 Å². The van der Waals surface area contributed by atoms with E-state index in [2.05, 4.69) is 0 Å². The summed E-state index contributed by atoms with van der Waals surface area (Å²) < 4.78 is 23.6. The molecule has 7 heteroatoms. The Morgan fingerprint density at radius 1 is 1.11 bits per heavy atom. The van der Waals surface area contributed by atoms with E-state index in [1.165, 1.54) is 26.4 Å². The third kappa shape index (κ3) is 3.85. The first-order valence-corrected chi connectivity index (χ1v) is 8.70. The van der Waals surface area contributed by atoms with Crippen LogP contribution in [0.2, 0.25) is 0 Å². The first kappa shape index (κ1) is 19.4. The molecular weight excluding hydrogens is 353 g/mol. The van der Waals surface area contributed by atoms with Gasteiger partial charge < -0.3 is 24.8 Å². The summed E-state index contributed by atoms with van der Waals surface area (Å²) in [6, 6.07) is 9.00. The van der Waals surface area contributed by atoms with Gasteiger partial charge in [0.05, 0.1) is 33.0 Å². The van der Waals surface area contributed by atoms with Crippen molar-refractivity contribution in [2.75, 3.05) is 27.4 Å². The third-order valence-electron chi connectivity index (χ3n) is 5.12. The maximum absolute atomic E-state index is 13.2. The fourth-order valence-electron chi connectivity index (χ4n) is 3.67. The molecular formula is C20H24FNO5. The van der Waals surface area contributed by atoms with Crippen LogP contribution in [-0.4, -0.2) is 59.7 Å². The number of hydrogen-bond donors (Lipinski definition) is 3. The van der Waals surface area contributed by atoms with Gasteiger partial charge in [-0.2, -0.15) is 0 Å². The lowest BCUT2D eigenvalue weighted by Gasteiger charge is -2.24. The maximum atomic E-state index is 13.2. The number of methoxy groups -OCH3 is 2. The zero-order valence-corrected chi connectivity index (χ0v) is 15.3. The zero-order valence-electron chi connectivity index (χ0n) is 15.3. The summed E-state index contributed by atoms with van der Waals surface area (Å²) in [7, 11) is 2.91. The molecule has 1 aliphatic heterocycles. The summed E-state index contributed by atoms with van der Waals surface area (Å²) >= 11 is 0. The lowest BCUT2D eigenvalue weighted by atomic mass is 9.94. The molecule has 0 unspecified atom stereocenters. The van der Waals surface area contributed by atoms with Crippen LogP contribution in [0.3, 0.4) is 0 Å². The normalized spacial score (nSPS) is 22.8. The third-order valence-corrected chi connectivity index (χ3v) is 5.12. The Balaban J connectivity index is 1.85. The van der Waals surface area contributed by atoms with E-state index >= 15 is 0 Å². The van der Waals surface area contributed by atoms with E-state index in [0.717, 1.165) is 11.1 Å². The van der Waals surface area contributed by atoms with Crippen molar-refractivity contribution in [3.8, 4) is 17.2 Å². The maximum Gasteiger partial charge on any atom is 0.200 e. The Hall–Kier alpha value is -2.35. The van der Waals surface area contributed by atoms with Crippen LogP contribution >= 0.6 is 0 Å². The minimum atomic E-state index is -0.777. The molecule has 0 bridgehead atoms. The molecule has 2 aromatic carbocycles. The van der Waals surface area contributed by atoms with Crippen LogP contribution in [0.25, 0.3) is 0 Å². The van der Waals surface area contributed by atoms with Crippen LogP contribution in [0.15, 0.2) is 36.4 Å². The lowest BCUT2D eigenvalue weighted by Crippen LogP contribution is -2.38. The van der Waals surface area contributed by atoms with Crippen molar-refractivity contribution in [1.29, 1.82) is 0 Å². The molecule has 0 radical (unpaired) electrons. The summed E-state index contributed by atoms with van der Waals surface area (Å²) in [5, 5.41) is 30.5. The number of ether oxygens (including phenoxy) is 2. The quantitative estimate of drug-likeness (QED) is 0.713. The second-order valence-corrected chi connectivity index (χ2v) is 6.68. The number of phenolic OH excluding ortho intramolecular Hbond substituents is 1. The van der Waals surface area contributed by atoms with E-state index in [0.29, 0.717) is 24.6 Å². The summed E-state index contributed by atoms with van der Waals surface area (Å²) in [5.74, 6) is -0.0544. The van der Waals surface area contributed by atoms with E-state index in [9.17, 15) is 19.7 Å². The number of phenols is 1. The Bertz CT molecular complexity index is 757. The average molecular weight is 377 g/mol. The zero-order chi connectivity index (χ0) is 19.6. The van der Waals surface area contributed by atoms with Crippen LogP contribution in [0.1, 0.15) is 17.0 Å². The van der Waals surface area contributed by atoms with E-state index in [1.807, 2.05) is 4.90 Å². The second kappa shape index (κ2) is 8.12. The smallest absolute Gasteiger partial charge is 0.200 e. The predicted molar refractivity (Wildman–Crippen MR) is 97.6 cm³/mol. The van der Waals surface area contributed by atoms with Gasteiger partial charge in [0.25, 0.3) is 0 Å². The molecule has 2 aromatic rings. The van der Waals surface area contributed by atoms with E-state index in [-0.39, 0.29) is 24.1 Å². The molecule has 3 N–H and O–H groups in total. The topological polar surface area (TPSA) is 82.4 Å². The van der Waals surface area contributed by atoms with Gasteiger partial charge in [-0.05, 0) is 35.4 Å². The number of aliphatic hydroxyl groups excluding tert-OH is 2. The number of aromatic hydroxyl groups is 1. The molecule has 0 spiro atoms. The monoisotopic (exact) mass is 377 g/mol. The Kier molecular flexibility index (Phi) is 5.84. The summed E-state index contributed by atoms with van der Waals surface area (Å²) in [6.07, 6.45) is -0.777. The fraction of sp³-hybridized carbons (Fsp3) is 0.400. The lowest BCUT2D eigenvalue weighted by molar-refractivity contribution is 0.0640. The Morgan fingerprint density at radius 2 is 1.70 bits per heavy atom. The van der Waals surface area contributed by atoms with Crippen molar-refractivity contribution in [2.45, 2.75) is 24.6 Å². The fourth-order valence-corrected chi connectivity index (χ4v) is 3.67. The van der Waals surface area contributed by atoms with Gasteiger partial charge in [0.1, 0.15) is 5.82 Å². The molecule has 3 atom stereocenters. The van der Waals surface area contributed by atoms with Crippen molar-refractivity contribution < 1.29 is 29.2 Å². The molecule has 1 saturated heterocycles. The molecule has 0 aliphatic carbocycles. The molecule has 1 fully saturated rings. The van der Waals surface area contributed by atoms with Crippen LogP contribution in [-0.2, 0) is 6.54 Å². The van der Waals surface area contributed by atoms with Crippen molar-refractivity contribution in [3.63, 3.8) is 0 Å². The number of nitrogens with zero attached hydrogens (tertiary/aromatic N) is 1. The second-order valence-electron chi connectivity index (χ2n) is 6.68. The molecule has 0 aromatic heterocycles. The van der Waals surface area contributed by atoms with Gasteiger partial charge in [-0.3, -0.25) is 4.90 Å². The van der Waals surface area contributed by atoms with Gasteiger partial charge in [-0.25, -0.2) is 4.39 Å². The molecule has 1 heterocycles. The van der Waals surface area contributed by atoms with E-state index in [1.54, 1.807) is 24.3 Å². The summed E-state index contributed by atoms with van der Waals surface area (Å²) in [6.45, 7) is 0.724. The number of hydrogen-bond acceptors (Lipinski definition) is 6. The van der Waals surface area contributed by atoms with Crippen LogP contribution < -0.4 is 9.47 Å². The molecule has 3 rings (SSSR count). The van der Waals surface area contributed by atoms with Crippen molar-refractivity contribution >= 4 is 0 Å². The van der Waals surface area contributed by atoms with E-state index in [4.69, 9.17) is 9.47 Å². The van der Waals surface area contributed by atoms with Gasteiger partial charge >= 0.3 is 0 Å². The number of likely N-dealkylation sites (tertiary alicyclic amines) is 1. The van der Waals surface area contributed by atoms with Gasteiger partial charge in [-0.1, -0.05) is 12.1 Å². The van der Waals surface area contributed by atoms with Gasteiger partial charge in [0.2, 0.25) is 5.75 Å². The molecule has 27 heavy (non-hydrogen) atoms.